The van der Waals surface area contributed by atoms with Gasteiger partial charge in [0.05, 0.1) is 11.9 Å². The second-order valence-corrected chi connectivity index (χ2v) is 6.14. The molecule has 14 heteroatoms. The predicted molar refractivity (Wildman–Crippen MR) is 94.8 cm³/mol. The summed E-state index contributed by atoms with van der Waals surface area (Å²) in [5, 5.41) is 21.6. The van der Waals surface area contributed by atoms with Crippen LogP contribution in [-0.4, -0.2) is 49.0 Å². The van der Waals surface area contributed by atoms with Crippen molar-refractivity contribution < 1.29 is 27.8 Å². The minimum absolute atomic E-state index is 0.0575. The SMILES string of the molecule is CSc1nc(O)c(C(=O)Nc2ccc(-c3cn[nH]n3)cc2OC(F)(F)F)c(=O)[nH]1. The molecule has 0 fully saturated rings. The normalized spacial score (nSPS) is 11.3. The third kappa shape index (κ3) is 4.66. The zero-order chi connectivity index (χ0) is 21.2. The Balaban J connectivity index is 1.98. The van der Waals surface area contributed by atoms with Gasteiger partial charge in [0.2, 0.25) is 5.88 Å². The van der Waals surface area contributed by atoms with E-state index in [1.54, 1.807) is 6.26 Å². The van der Waals surface area contributed by atoms with E-state index in [9.17, 15) is 27.9 Å². The van der Waals surface area contributed by atoms with E-state index in [4.69, 9.17) is 0 Å². The third-order valence-corrected chi connectivity index (χ3v) is 4.05. The summed E-state index contributed by atoms with van der Waals surface area (Å²) in [5.41, 5.74) is -1.66. The molecule has 3 aromatic rings. The molecule has 4 N–H and O–H groups in total. The number of aromatic nitrogens is 5. The topological polar surface area (TPSA) is 146 Å². The predicted octanol–water partition coefficient (Wildman–Crippen LogP) is 2.13. The van der Waals surface area contributed by atoms with Crippen LogP contribution in [0.2, 0.25) is 0 Å². The number of amides is 1. The lowest BCUT2D eigenvalue weighted by molar-refractivity contribution is -0.274. The Kier molecular flexibility index (Phi) is 5.45. The molecule has 0 saturated carbocycles. The number of thioether (sulfide) groups is 1. The average molecular weight is 428 g/mol. The van der Waals surface area contributed by atoms with Gasteiger partial charge in [0.25, 0.3) is 11.5 Å². The summed E-state index contributed by atoms with van der Waals surface area (Å²) in [4.78, 5) is 30.3. The highest BCUT2D eigenvalue weighted by Crippen LogP contribution is 2.34. The molecule has 10 nitrogen and oxygen atoms in total. The number of carbonyl (C=O) groups excluding carboxylic acids is 1. The molecule has 3 rings (SSSR count). The minimum Gasteiger partial charge on any atom is -0.493 e. The quantitative estimate of drug-likeness (QED) is 0.357. The summed E-state index contributed by atoms with van der Waals surface area (Å²) in [6, 6.07) is 3.47. The number of aromatic amines is 2. The first-order valence-corrected chi connectivity index (χ1v) is 8.85. The summed E-state index contributed by atoms with van der Waals surface area (Å²) in [7, 11) is 0. The van der Waals surface area contributed by atoms with Crippen molar-refractivity contribution in [1.29, 1.82) is 0 Å². The highest BCUT2D eigenvalue weighted by molar-refractivity contribution is 7.98. The van der Waals surface area contributed by atoms with Gasteiger partial charge in [-0.2, -0.15) is 20.4 Å². The first-order chi connectivity index (χ1) is 13.7. The van der Waals surface area contributed by atoms with E-state index in [0.29, 0.717) is 0 Å². The van der Waals surface area contributed by atoms with Crippen LogP contribution in [-0.2, 0) is 0 Å². The van der Waals surface area contributed by atoms with E-state index in [0.717, 1.165) is 23.9 Å². The van der Waals surface area contributed by atoms with Crippen molar-refractivity contribution in [2.75, 3.05) is 11.6 Å². The van der Waals surface area contributed by atoms with Crippen molar-refractivity contribution in [2.45, 2.75) is 11.5 Å². The van der Waals surface area contributed by atoms with Gasteiger partial charge >= 0.3 is 6.36 Å². The Hall–Kier alpha value is -3.55. The number of anilines is 1. The van der Waals surface area contributed by atoms with Gasteiger partial charge in [-0.15, -0.1) is 13.2 Å². The number of alkyl halides is 3. The first kappa shape index (κ1) is 20.2. The summed E-state index contributed by atoms with van der Waals surface area (Å²) < 4.78 is 42.3. The number of hydrogen-bond acceptors (Lipinski definition) is 8. The molecule has 0 radical (unpaired) electrons. The molecule has 0 bridgehead atoms. The van der Waals surface area contributed by atoms with Crippen molar-refractivity contribution in [2.24, 2.45) is 0 Å². The number of rotatable bonds is 5. The molecule has 29 heavy (non-hydrogen) atoms. The summed E-state index contributed by atoms with van der Waals surface area (Å²) >= 11 is 1.01. The third-order valence-electron chi connectivity index (χ3n) is 3.47. The van der Waals surface area contributed by atoms with E-state index >= 15 is 0 Å². The number of aromatic hydroxyl groups is 1. The van der Waals surface area contributed by atoms with E-state index in [1.807, 2.05) is 0 Å². The molecular formula is C15H11F3N6O4S. The molecule has 2 aromatic heterocycles. The van der Waals surface area contributed by atoms with E-state index in [2.05, 4.69) is 35.4 Å². The second kappa shape index (κ2) is 7.83. The Morgan fingerprint density at radius 1 is 1.34 bits per heavy atom. The second-order valence-electron chi connectivity index (χ2n) is 5.34. The zero-order valence-corrected chi connectivity index (χ0v) is 15.2. The Bertz CT molecular complexity index is 1100. The lowest BCUT2D eigenvalue weighted by Gasteiger charge is -2.15. The summed E-state index contributed by atoms with van der Waals surface area (Å²) in [6.45, 7) is 0. The Morgan fingerprint density at radius 3 is 2.69 bits per heavy atom. The highest BCUT2D eigenvalue weighted by Gasteiger charge is 2.33. The van der Waals surface area contributed by atoms with Crippen LogP contribution in [0.15, 0.2) is 34.3 Å². The average Bonchev–Trinajstić information content (AvgIpc) is 3.16. The Labute approximate surface area is 163 Å². The molecule has 0 unspecified atom stereocenters. The van der Waals surface area contributed by atoms with Crippen LogP contribution in [0.25, 0.3) is 11.3 Å². The van der Waals surface area contributed by atoms with Crippen LogP contribution in [0, 0.1) is 0 Å². The highest BCUT2D eigenvalue weighted by atomic mass is 32.2. The van der Waals surface area contributed by atoms with Crippen molar-refractivity contribution in [1.82, 2.24) is 25.4 Å². The van der Waals surface area contributed by atoms with Crippen LogP contribution in [0.3, 0.4) is 0 Å². The van der Waals surface area contributed by atoms with Gasteiger partial charge in [-0.1, -0.05) is 17.8 Å². The molecule has 0 spiro atoms. The number of H-pyrrole nitrogens is 2. The minimum atomic E-state index is -5.05. The number of nitrogens with zero attached hydrogens (tertiary/aromatic N) is 3. The monoisotopic (exact) mass is 428 g/mol. The van der Waals surface area contributed by atoms with Gasteiger partial charge < -0.3 is 20.1 Å². The van der Waals surface area contributed by atoms with Gasteiger partial charge in [0, 0.05) is 5.56 Å². The molecule has 0 aliphatic heterocycles. The van der Waals surface area contributed by atoms with Crippen LogP contribution in [0.1, 0.15) is 10.4 Å². The lowest BCUT2D eigenvalue weighted by Crippen LogP contribution is -2.25. The zero-order valence-electron chi connectivity index (χ0n) is 14.4. The molecule has 152 valence electrons. The first-order valence-electron chi connectivity index (χ1n) is 7.62. The molecule has 0 saturated heterocycles. The number of benzene rings is 1. The number of ether oxygens (including phenoxy) is 1. The Morgan fingerprint density at radius 2 is 2.10 bits per heavy atom. The maximum absolute atomic E-state index is 12.8. The summed E-state index contributed by atoms with van der Waals surface area (Å²) in [5.74, 6) is -2.80. The maximum atomic E-state index is 12.8. The van der Waals surface area contributed by atoms with E-state index < -0.39 is 40.7 Å². The van der Waals surface area contributed by atoms with Crippen LogP contribution in [0.4, 0.5) is 18.9 Å². The van der Waals surface area contributed by atoms with Crippen LogP contribution >= 0.6 is 11.8 Å². The lowest BCUT2D eigenvalue weighted by atomic mass is 10.1. The molecule has 1 amide bonds. The fourth-order valence-electron chi connectivity index (χ4n) is 2.26. The number of carbonyl (C=O) groups is 1. The van der Waals surface area contributed by atoms with Crippen molar-refractivity contribution in [3.63, 3.8) is 0 Å². The fraction of sp³-hybridized carbons (Fsp3) is 0.133. The van der Waals surface area contributed by atoms with Crippen molar-refractivity contribution in [3.05, 3.63) is 40.3 Å². The van der Waals surface area contributed by atoms with Gasteiger partial charge in [0.15, 0.2) is 16.5 Å². The number of nitrogens with one attached hydrogen (secondary N) is 3. The van der Waals surface area contributed by atoms with Gasteiger partial charge in [0.1, 0.15) is 5.69 Å². The number of halogens is 3. The fourth-order valence-corrected chi connectivity index (χ4v) is 2.63. The maximum Gasteiger partial charge on any atom is 0.573 e. The molecule has 2 heterocycles. The van der Waals surface area contributed by atoms with Gasteiger partial charge in [-0.05, 0) is 18.4 Å². The van der Waals surface area contributed by atoms with E-state index in [-0.39, 0.29) is 16.4 Å². The molecular weight excluding hydrogens is 417 g/mol. The van der Waals surface area contributed by atoms with Gasteiger partial charge in [-0.25, -0.2) is 0 Å². The molecule has 0 aliphatic rings. The van der Waals surface area contributed by atoms with Crippen molar-refractivity contribution in [3.8, 4) is 22.9 Å². The van der Waals surface area contributed by atoms with Gasteiger partial charge in [-0.3, -0.25) is 9.59 Å². The van der Waals surface area contributed by atoms with Crippen LogP contribution in [0.5, 0.6) is 11.6 Å². The van der Waals surface area contributed by atoms with Crippen LogP contribution < -0.4 is 15.6 Å². The largest absolute Gasteiger partial charge is 0.573 e. The van der Waals surface area contributed by atoms with E-state index in [1.165, 1.54) is 12.3 Å². The smallest absolute Gasteiger partial charge is 0.493 e. The van der Waals surface area contributed by atoms with Crippen molar-refractivity contribution >= 4 is 23.4 Å². The molecule has 0 aliphatic carbocycles. The molecule has 1 aromatic carbocycles. The standard InChI is InChI=1S/C15H11F3N6O4S/c1-29-14-21-12(26)10(13(27)22-14)11(25)20-7-3-2-6(8-5-19-24-23-8)4-9(7)28-15(16,17)18/h2-5H,1H3,(H,20,25)(H,19,23,24)(H2,21,22,26,27). The number of hydrogen-bond donors (Lipinski definition) is 4. The molecule has 0 atom stereocenters. The summed E-state index contributed by atoms with van der Waals surface area (Å²) in [6.07, 6.45) is -2.20.